The van der Waals surface area contributed by atoms with Crippen LogP contribution in [-0.4, -0.2) is 52.2 Å². The van der Waals surface area contributed by atoms with Gasteiger partial charge in [0.15, 0.2) is 0 Å². The van der Waals surface area contributed by atoms with Crippen molar-refractivity contribution in [2.24, 2.45) is 0 Å². The summed E-state index contributed by atoms with van der Waals surface area (Å²) < 4.78 is 27.8. The molecule has 1 fully saturated rings. The molecule has 0 bridgehead atoms. The summed E-state index contributed by atoms with van der Waals surface area (Å²) in [6.45, 7) is 1.40. The molecule has 1 amide bonds. The van der Waals surface area contributed by atoms with E-state index in [0.717, 1.165) is 5.69 Å². The lowest BCUT2D eigenvalue weighted by atomic mass is 10.2. The fraction of sp³-hybridized carbons (Fsp3) is 0.316. The van der Waals surface area contributed by atoms with Crippen LogP contribution in [0.5, 0.6) is 0 Å². The molecule has 0 aromatic heterocycles. The minimum atomic E-state index is -3.71. The zero-order valence-electron chi connectivity index (χ0n) is 14.9. The molecular formula is C19H21N3O4S. The summed E-state index contributed by atoms with van der Waals surface area (Å²) in [4.78, 5) is 15.6. The molecule has 1 unspecified atom stereocenters. The average Bonchev–Trinajstić information content (AvgIpc) is 3.01. The number of likely N-dealkylation sites (N-methyl/N-ethyl adjacent to an activating group) is 1. The number of sulfonamides is 1. The second-order valence-electron chi connectivity index (χ2n) is 6.78. The number of hydrogen-bond acceptors (Lipinski definition) is 5. The predicted octanol–water partition coefficient (Wildman–Crippen LogP) is 1.43. The molecule has 142 valence electrons. The summed E-state index contributed by atoms with van der Waals surface area (Å²) in [7, 11) is -1.77. The Kier molecular flexibility index (Phi) is 4.32. The molecule has 1 saturated heterocycles. The normalized spacial score (nSPS) is 20.1. The fourth-order valence-electron chi connectivity index (χ4n) is 3.58. The van der Waals surface area contributed by atoms with E-state index in [4.69, 9.17) is 0 Å². The third-order valence-corrected chi connectivity index (χ3v) is 6.94. The van der Waals surface area contributed by atoms with Crippen LogP contribution in [0.2, 0.25) is 0 Å². The zero-order valence-corrected chi connectivity index (χ0v) is 15.8. The molecule has 0 spiro atoms. The van der Waals surface area contributed by atoms with Gasteiger partial charge in [0.2, 0.25) is 0 Å². The van der Waals surface area contributed by atoms with Crippen molar-refractivity contribution in [3.05, 3.63) is 48.5 Å². The molecule has 2 aromatic rings. The van der Waals surface area contributed by atoms with Gasteiger partial charge < -0.3 is 14.9 Å². The number of nitrogens with zero attached hydrogens (tertiary/aromatic N) is 3. The number of carbonyl (C=O) groups is 1. The molecule has 0 aliphatic carbocycles. The highest BCUT2D eigenvalue weighted by atomic mass is 32.2. The number of rotatable bonds is 3. The van der Waals surface area contributed by atoms with Gasteiger partial charge in [0.05, 0.1) is 22.8 Å². The van der Waals surface area contributed by atoms with E-state index in [9.17, 15) is 18.3 Å². The molecule has 2 aromatic carbocycles. The van der Waals surface area contributed by atoms with Gasteiger partial charge >= 0.3 is 0 Å². The minimum absolute atomic E-state index is 0.179. The number of hydrogen-bond donors (Lipinski definition) is 1. The molecule has 1 N–H and O–H groups in total. The summed E-state index contributed by atoms with van der Waals surface area (Å²) in [5, 5.41) is 9.60. The highest BCUT2D eigenvalue weighted by Crippen LogP contribution is 2.35. The Balaban J connectivity index is 1.65. The fourth-order valence-corrected chi connectivity index (χ4v) is 5.05. The van der Waals surface area contributed by atoms with Gasteiger partial charge in [-0.15, -0.1) is 0 Å². The predicted molar refractivity (Wildman–Crippen MR) is 104 cm³/mol. The van der Waals surface area contributed by atoms with Gasteiger partial charge in [0.25, 0.3) is 15.9 Å². The van der Waals surface area contributed by atoms with Crippen molar-refractivity contribution in [2.75, 3.05) is 40.8 Å². The Bertz CT molecular complexity index is 975. The molecule has 4 rings (SSSR count). The van der Waals surface area contributed by atoms with Crippen LogP contribution < -0.4 is 14.1 Å². The maximum Gasteiger partial charge on any atom is 0.264 e. The summed E-state index contributed by atoms with van der Waals surface area (Å²) in [6.07, 6.45) is -0.591. The highest BCUT2D eigenvalue weighted by Gasteiger charge is 2.33. The number of aliphatic hydroxyl groups excluding tert-OH is 1. The van der Waals surface area contributed by atoms with Crippen LogP contribution in [0.15, 0.2) is 53.4 Å². The van der Waals surface area contributed by atoms with E-state index in [1.807, 2.05) is 30.1 Å². The molecule has 27 heavy (non-hydrogen) atoms. The van der Waals surface area contributed by atoms with E-state index in [2.05, 4.69) is 0 Å². The first kappa shape index (κ1) is 17.8. The molecule has 2 heterocycles. The number of anilines is 3. The molecule has 0 saturated carbocycles. The van der Waals surface area contributed by atoms with Crippen molar-refractivity contribution in [3.8, 4) is 0 Å². The van der Waals surface area contributed by atoms with Crippen LogP contribution in [0.25, 0.3) is 0 Å². The van der Waals surface area contributed by atoms with Crippen LogP contribution in [-0.2, 0) is 14.8 Å². The van der Waals surface area contributed by atoms with Crippen LogP contribution in [0, 0.1) is 0 Å². The van der Waals surface area contributed by atoms with E-state index in [-0.39, 0.29) is 10.8 Å². The number of para-hydroxylation sites is 2. The van der Waals surface area contributed by atoms with Gasteiger partial charge in [-0.2, -0.15) is 0 Å². The first-order chi connectivity index (χ1) is 12.9. The third-order valence-electron chi connectivity index (χ3n) is 5.11. The van der Waals surface area contributed by atoms with E-state index in [0.29, 0.717) is 37.4 Å². The summed E-state index contributed by atoms with van der Waals surface area (Å²) >= 11 is 0. The molecule has 2 aliphatic rings. The van der Waals surface area contributed by atoms with E-state index >= 15 is 0 Å². The third kappa shape index (κ3) is 2.94. The molecule has 2 aliphatic heterocycles. The van der Waals surface area contributed by atoms with Crippen molar-refractivity contribution in [1.29, 1.82) is 0 Å². The van der Waals surface area contributed by atoms with Gasteiger partial charge in [0.1, 0.15) is 6.10 Å². The lowest BCUT2D eigenvalue weighted by Gasteiger charge is -2.36. The van der Waals surface area contributed by atoms with Crippen LogP contribution in [0.4, 0.5) is 17.1 Å². The molecule has 7 nitrogen and oxygen atoms in total. The SMILES string of the molecule is CN1CCN(S(=O)(=O)c2ccc(N3CCC(O)C3=O)cc2)c2ccccc21. The largest absolute Gasteiger partial charge is 0.383 e. The van der Waals surface area contributed by atoms with Gasteiger partial charge in [-0.25, -0.2) is 8.42 Å². The molecule has 1 atom stereocenters. The first-order valence-electron chi connectivity index (χ1n) is 8.82. The van der Waals surface area contributed by atoms with Crippen molar-refractivity contribution in [2.45, 2.75) is 17.4 Å². The molecule has 8 heteroatoms. The smallest absolute Gasteiger partial charge is 0.264 e. The summed E-state index contributed by atoms with van der Waals surface area (Å²) in [5.41, 5.74) is 2.13. The highest BCUT2D eigenvalue weighted by molar-refractivity contribution is 7.92. The second kappa shape index (κ2) is 6.54. The second-order valence-corrected chi connectivity index (χ2v) is 8.64. The number of fused-ring (bicyclic) bond motifs is 1. The number of amides is 1. The summed E-state index contributed by atoms with van der Waals surface area (Å²) in [5.74, 6) is -0.349. The Morgan fingerprint density at radius 1 is 0.963 bits per heavy atom. The summed E-state index contributed by atoms with van der Waals surface area (Å²) in [6, 6.07) is 13.7. The van der Waals surface area contributed by atoms with Crippen LogP contribution in [0.3, 0.4) is 0 Å². The Labute approximate surface area is 158 Å². The number of benzene rings is 2. The Morgan fingerprint density at radius 2 is 1.63 bits per heavy atom. The Morgan fingerprint density at radius 3 is 2.26 bits per heavy atom. The van der Waals surface area contributed by atoms with E-state index < -0.39 is 16.1 Å². The lowest BCUT2D eigenvalue weighted by molar-refractivity contribution is -0.123. The van der Waals surface area contributed by atoms with Crippen LogP contribution >= 0.6 is 0 Å². The number of aliphatic hydroxyl groups is 1. The van der Waals surface area contributed by atoms with Gasteiger partial charge in [-0.05, 0) is 36.4 Å². The maximum absolute atomic E-state index is 13.2. The topological polar surface area (TPSA) is 81.2 Å². The van der Waals surface area contributed by atoms with Crippen molar-refractivity contribution >= 4 is 33.0 Å². The Hall–Kier alpha value is -2.58. The van der Waals surface area contributed by atoms with Gasteiger partial charge in [-0.3, -0.25) is 9.10 Å². The van der Waals surface area contributed by atoms with Gasteiger partial charge in [0, 0.05) is 32.2 Å². The average molecular weight is 387 g/mol. The van der Waals surface area contributed by atoms with Gasteiger partial charge in [-0.1, -0.05) is 12.1 Å². The number of carbonyl (C=O) groups excluding carboxylic acids is 1. The van der Waals surface area contributed by atoms with Crippen LogP contribution in [0.1, 0.15) is 6.42 Å². The lowest BCUT2D eigenvalue weighted by Crippen LogP contribution is -2.42. The quantitative estimate of drug-likeness (QED) is 0.862. The minimum Gasteiger partial charge on any atom is -0.383 e. The standard InChI is InChI=1S/C19H21N3O4S/c1-20-12-13-22(17-5-3-2-4-16(17)20)27(25,26)15-8-6-14(7-9-15)21-11-10-18(23)19(21)24/h2-9,18,23H,10-13H2,1H3. The molecular weight excluding hydrogens is 366 g/mol. The van der Waals surface area contributed by atoms with E-state index in [1.165, 1.54) is 21.3 Å². The van der Waals surface area contributed by atoms with Crippen molar-refractivity contribution in [1.82, 2.24) is 0 Å². The first-order valence-corrected chi connectivity index (χ1v) is 10.3. The van der Waals surface area contributed by atoms with Crippen molar-refractivity contribution in [3.63, 3.8) is 0 Å². The monoisotopic (exact) mass is 387 g/mol. The zero-order chi connectivity index (χ0) is 19.2. The van der Waals surface area contributed by atoms with E-state index in [1.54, 1.807) is 18.2 Å². The van der Waals surface area contributed by atoms with Crippen molar-refractivity contribution < 1.29 is 18.3 Å². The maximum atomic E-state index is 13.2. The molecule has 0 radical (unpaired) electrons.